The number of aliphatic hydroxyl groups is 1. The Morgan fingerprint density at radius 1 is 1.25 bits per heavy atom. The largest absolute Gasteiger partial charge is 0.491 e. The van der Waals surface area contributed by atoms with Crippen LogP contribution in [0.2, 0.25) is 0 Å². The standard InChI is InChI=1S/C14H21NO4S/c16-13(11-19-14-4-2-1-3-5-14)10-15-12-6-8-20(17,18)9-7-12/h1-5,12-13,15-16H,6-11H2. The molecule has 6 heteroatoms. The second kappa shape index (κ2) is 7.06. The van der Waals surface area contributed by atoms with E-state index in [1.165, 1.54) is 0 Å². The van der Waals surface area contributed by atoms with Crippen LogP contribution in [0.3, 0.4) is 0 Å². The second-order valence-electron chi connectivity index (χ2n) is 5.11. The molecule has 112 valence electrons. The zero-order valence-corrected chi connectivity index (χ0v) is 12.2. The Hall–Kier alpha value is -1.11. The van der Waals surface area contributed by atoms with Crippen molar-refractivity contribution in [2.24, 2.45) is 0 Å². The predicted octanol–water partition coefficient (Wildman–Crippen LogP) is 0.593. The first-order chi connectivity index (χ1) is 9.55. The van der Waals surface area contributed by atoms with Gasteiger partial charge in [-0.15, -0.1) is 0 Å². The van der Waals surface area contributed by atoms with Crippen molar-refractivity contribution >= 4 is 9.84 Å². The van der Waals surface area contributed by atoms with Gasteiger partial charge in [-0.3, -0.25) is 0 Å². The van der Waals surface area contributed by atoms with Gasteiger partial charge in [-0.25, -0.2) is 8.42 Å². The average molecular weight is 299 g/mol. The molecule has 0 saturated carbocycles. The Morgan fingerprint density at radius 2 is 1.90 bits per heavy atom. The molecule has 1 aliphatic heterocycles. The number of nitrogens with one attached hydrogen (secondary N) is 1. The van der Waals surface area contributed by atoms with Crippen LogP contribution in [0.25, 0.3) is 0 Å². The third kappa shape index (κ3) is 5.11. The molecule has 0 aliphatic carbocycles. The molecule has 1 aromatic carbocycles. The minimum absolute atomic E-state index is 0.171. The van der Waals surface area contributed by atoms with Crippen molar-refractivity contribution in [1.82, 2.24) is 5.32 Å². The molecule has 0 bridgehead atoms. The molecular formula is C14H21NO4S. The minimum atomic E-state index is -2.83. The summed E-state index contributed by atoms with van der Waals surface area (Å²) in [5, 5.41) is 13.0. The third-order valence-corrected chi connectivity index (χ3v) is 5.10. The monoisotopic (exact) mass is 299 g/mol. The normalized spacial score (nSPS) is 20.4. The lowest BCUT2D eigenvalue weighted by molar-refractivity contribution is 0.103. The van der Waals surface area contributed by atoms with Crippen molar-refractivity contribution in [2.75, 3.05) is 24.7 Å². The summed E-state index contributed by atoms with van der Waals surface area (Å²) in [6.45, 7) is 0.638. The maximum Gasteiger partial charge on any atom is 0.150 e. The van der Waals surface area contributed by atoms with Crippen molar-refractivity contribution in [1.29, 1.82) is 0 Å². The van der Waals surface area contributed by atoms with E-state index in [-0.39, 0.29) is 24.2 Å². The van der Waals surface area contributed by atoms with E-state index < -0.39 is 15.9 Å². The molecule has 2 rings (SSSR count). The van der Waals surface area contributed by atoms with Crippen LogP contribution in [0.5, 0.6) is 5.75 Å². The number of hydrogen-bond donors (Lipinski definition) is 2. The molecule has 2 N–H and O–H groups in total. The van der Waals surface area contributed by atoms with Gasteiger partial charge < -0.3 is 15.2 Å². The summed E-state index contributed by atoms with van der Waals surface area (Å²) < 4.78 is 28.0. The highest BCUT2D eigenvalue weighted by molar-refractivity contribution is 7.91. The van der Waals surface area contributed by atoms with Crippen LogP contribution in [0, 0.1) is 0 Å². The lowest BCUT2D eigenvalue weighted by Crippen LogP contribution is -2.42. The van der Waals surface area contributed by atoms with E-state index in [4.69, 9.17) is 4.74 Å². The number of para-hydroxylation sites is 1. The van der Waals surface area contributed by atoms with Gasteiger partial charge in [0, 0.05) is 12.6 Å². The smallest absolute Gasteiger partial charge is 0.150 e. The van der Waals surface area contributed by atoms with Crippen LogP contribution >= 0.6 is 0 Å². The first-order valence-corrected chi connectivity index (χ1v) is 8.67. The summed E-state index contributed by atoms with van der Waals surface area (Å²) in [6.07, 6.45) is 0.636. The van der Waals surface area contributed by atoms with Crippen molar-refractivity contribution in [3.8, 4) is 5.75 Å². The van der Waals surface area contributed by atoms with E-state index in [1.54, 1.807) is 0 Å². The lowest BCUT2D eigenvalue weighted by atomic mass is 10.1. The molecule has 1 unspecified atom stereocenters. The quantitative estimate of drug-likeness (QED) is 0.804. The zero-order valence-electron chi connectivity index (χ0n) is 11.4. The molecule has 0 amide bonds. The van der Waals surface area contributed by atoms with Crippen LogP contribution in [0.15, 0.2) is 30.3 Å². The molecule has 20 heavy (non-hydrogen) atoms. The summed E-state index contributed by atoms with van der Waals surface area (Å²) in [6, 6.07) is 9.51. The van der Waals surface area contributed by atoms with Crippen molar-refractivity contribution in [2.45, 2.75) is 25.0 Å². The van der Waals surface area contributed by atoms with Gasteiger partial charge in [0.05, 0.1) is 11.5 Å². The van der Waals surface area contributed by atoms with Crippen LogP contribution in [-0.4, -0.2) is 50.3 Å². The Kier molecular flexibility index (Phi) is 5.39. The number of benzene rings is 1. The second-order valence-corrected chi connectivity index (χ2v) is 7.42. The van der Waals surface area contributed by atoms with Gasteiger partial charge >= 0.3 is 0 Å². The molecule has 5 nitrogen and oxygen atoms in total. The number of rotatable bonds is 6. The maximum absolute atomic E-state index is 11.3. The topological polar surface area (TPSA) is 75.6 Å². The molecule has 1 heterocycles. The number of hydrogen-bond acceptors (Lipinski definition) is 5. The third-order valence-electron chi connectivity index (χ3n) is 3.38. The van der Waals surface area contributed by atoms with Crippen LogP contribution in [0.4, 0.5) is 0 Å². The summed E-state index contributed by atoms with van der Waals surface area (Å²) in [5.74, 6) is 1.21. The van der Waals surface area contributed by atoms with Gasteiger partial charge in [-0.1, -0.05) is 18.2 Å². The van der Waals surface area contributed by atoms with E-state index in [9.17, 15) is 13.5 Å². The van der Waals surface area contributed by atoms with Gasteiger partial charge in [-0.2, -0.15) is 0 Å². The Labute approximate surface area is 119 Å². The molecule has 0 radical (unpaired) electrons. The maximum atomic E-state index is 11.3. The molecule has 1 fully saturated rings. The Balaban J connectivity index is 1.64. The van der Waals surface area contributed by atoms with E-state index in [0.717, 1.165) is 5.75 Å². The summed E-state index contributed by atoms with van der Waals surface area (Å²) in [7, 11) is -2.83. The summed E-state index contributed by atoms with van der Waals surface area (Å²) in [5.41, 5.74) is 0. The minimum Gasteiger partial charge on any atom is -0.491 e. The Morgan fingerprint density at radius 3 is 2.55 bits per heavy atom. The highest BCUT2D eigenvalue weighted by Crippen LogP contribution is 2.12. The van der Waals surface area contributed by atoms with Gasteiger partial charge in [0.25, 0.3) is 0 Å². The number of aliphatic hydroxyl groups excluding tert-OH is 1. The molecule has 1 aromatic rings. The van der Waals surface area contributed by atoms with E-state index in [1.807, 2.05) is 30.3 Å². The van der Waals surface area contributed by atoms with E-state index in [0.29, 0.717) is 19.4 Å². The van der Waals surface area contributed by atoms with E-state index >= 15 is 0 Å². The molecule has 0 spiro atoms. The highest BCUT2D eigenvalue weighted by Gasteiger charge is 2.23. The molecule has 1 saturated heterocycles. The summed E-state index contributed by atoms with van der Waals surface area (Å²) >= 11 is 0. The molecule has 1 aliphatic rings. The fourth-order valence-corrected chi connectivity index (χ4v) is 3.66. The van der Waals surface area contributed by atoms with Crippen LogP contribution < -0.4 is 10.1 Å². The summed E-state index contributed by atoms with van der Waals surface area (Å²) in [4.78, 5) is 0. The van der Waals surface area contributed by atoms with Crippen molar-refractivity contribution < 1.29 is 18.3 Å². The van der Waals surface area contributed by atoms with E-state index in [2.05, 4.69) is 5.32 Å². The fourth-order valence-electron chi connectivity index (χ4n) is 2.16. The van der Waals surface area contributed by atoms with Gasteiger partial charge in [0.1, 0.15) is 28.3 Å². The molecule has 1 atom stereocenters. The molecule has 0 aromatic heterocycles. The number of ether oxygens (including phenoxy) is 1. The van der Waals surface area contributed by atoms with Crippen LogP contribution in [-0.2, 0) is 9.84 Å². The Bertz CT molecular complexity index is 489. The van der Waals surface area contributed by atoms with Crippen molar-refractivity contribution in [3.63, 3.8) is 0 Å². The fraction of sp³-hybridized carbons (Fsp3) is 0.571. The SMILES string of the molecule is O=S1(=O)CCC(NCC(O)COc2ccccc2)CC1. The van der Waals surface area contributed by atoms with Crippen LogP contribution in [0.1, 0.15) is 12.8 Å². The van der Waals surface area contributed by atoms with Crippen molar-refractivity contribution in [3.05, 3.63) is 30.3 Å². The average Bonchev–Trinajstić information content (AvgIpc) is 2.45. The predicted molar refractivity (Wildman–Crippen MR) is 77.6 cm³/mol. The lowest BCUT2D eigenvalue weighted by Gasteiger charge is -2.24. The van der Waals surface area contributed by atoms with Gasteiger partial charge in [0.15, 0.2) is 0 Å². The first kappa shape index (κ1) is 15.3. The number of sulfone groups is 1. The van der Waals surface area contributed by atoms with Gasteiger partial charge in [0.2, 0.25) is 0 Å². The zero-order chi connectivity index (χ0) is 14.4. The van der Waals surface area contributed by atoms with Gasteiger partial charge in [-0.05, 0) is 25.0 Å². The first-order valence-electron chi connectivity index (χ1n) is 6.85. The molecular weight excluding hydrogens is 278 g/mol. The highest BCUT2D eigenvalue weighted by atomic mass is 32.2.